The molecular formula is C24H23ClN2O4. The lowest BCUT2D eigenvalue weighted by atomic mass is 10.2. The fraction of sp³-hybridized carbons (Fsp3) is 0.167. The molecule has 160 valence electrons. The third-order valence-corrected chi connectivity index (χ3v) is 4.50. The Morgan fingerprint density at radius 2 is 1.42 bits per heavy atom. The summed E-state index contributed by atoms with van der Waals surface area (Å²) in [5.74, 6) is 1.68. The first-order valence-corrected chi connectivity index (χ1v) is 10.3. The molecule has 31 heavy (non-hydrogen) atoms. The van der Waals surface area contributed by atoms with Gasteiger partial charge in [0.1, 0.15) is 17.2 Å². The molecule has 3 rings (SSSR count). The van der Waals surface area contributed by atoms with Crippen LogP contribution in [0.5, 0.6) is 17.2 Å². The average molecular weight is 439 g/mol. The van der Waals surface area contributed by atoms with Crippen LogP contribution in [0.1, 0.15) is 23.7 Å². The van der Waals surface area contributed by atoms with Crippen molar-refractivity contribution in [3.8, 4) is 17.2 Å². The van der Waals surface area contributed by atoms with Crippen molar-refractivity contribution in [2.45, 2.75) is 13.3 Å². The van der Waals surface area contributed by atoms with E-state index in [4.69, 9.17) is 21.1 Å². The third-order valence-electron chi connectivity index (χ3n) is 4.25. The Balaban J connectivity index is 1.43. The minimum Gasteiger partial charge on any atom is -0.494 e. The number of amides is 2. The van der Waals surface area contributed by atoms with Gasteiger partial charge >= 0.3 is 0 Å². The first-order valence-electron chi connectivity index (χ1n) is 9.88. The highest BCUT2D eigenvalue weighted by Gasteiger charge is 2.07. The second-order valence-electron chi connectivity index (χ2n) is 6.59. The smallest absolute Gasteiger partial charge is 0.251 e. The van der Waals surface area contributed by atoms with Gasteiger partial charge in [0.15, 0.2) is 0 Å². The van der Waals surface area contributed by atoms with Gasteiger partial charge in [-0.3, -0.25) is 9.59 Å². The van der Waals surface area contributed by atoms with E-state index in [1.165, 1.54) is 0 Å². The molecule has 0 saturated heterocycles. The molecule has 0 fully saturated rings. The molecule has 0 radical (unpaired) electrons. The molecule has 0 aromatic heterocycles. The highest BCUT2D eigenvalue weighted by molar-refractivity contribution is 6.30. The number of anilines is 1. The lowest BCUT2D eigenvalue weighted by molar-refractivity contribution is -0.116. The van der Waals surface area contributed by atoms with Crippen LogP contribution in [-0.4, -0.2) is 25.0 Å². The Morgan fingerprint density at radius 1 is 0.839 bits per heavy atom. The highest BCUT2D eigenvalue weighted by Crippen LogP contribution is 2.25. The van der Waals surface area contributed by atoms with E-state index in [1.807, 2.05) is 31.2 Å². The molecule has 2 N–H and O–H groups in total. The topological polar surface area (TPSA) is 76.7 Å². The van der Waals surface area contributed by atoms with E-state index in [-0.39, 0.29) is 24.8 Å². The van der Waals surface area contributed by atoms with E-state index in [0.717, 1.165) is 5.75 Å². The molecule has 0 aliphatic rings. The summed E-state index contributed by atoms with van der Waals surface area (Å²) in [6.45, 7) is 2.77. The van der Waals surface area contributed by atoms with Crippen LogP contribution in [0.4, 0.5) is 5.69 Å². The van der Waals surface area contributed by atoms with Crippen LogP contribution in [0, 0.1) is 0 Å². The maximum Gasteiger partial charge on any atom is 0.251 e. The maximum atomic E-state index is 12.1. The molecule has 7 heteroatoms. The normalized spacial score (nSPS) is 10.3. The van der Waals surface area contributed by atoms with Gasteiger partial charge in [-0.2, -0.15) is 0 Å². The zero-order chi connectivity index (χ0) is 22.1. The predicted octanol–water partition coefficient (Wildman–Crippen LogP) is 5.29. The quantitative estimate of drug-likeness (QED) is 0.476. The van der Waals surface area contributed by atoms with Crippen LogP contribution >= 0.6 is 11.6 Å². The van der Waals surface area contributed by atoms with Gasteiger partial charge in [-0.15, -0.1) is 0 Å². The van der Waals surface area contributed by atoms with Gasteiger partial charge < -0.3 is 20.1 Å². The largest absolute Gasteiger partial charge is 0.494 e. The van der Waals surface area contributed by atoms with Gasteiger partial charge in [0.05, 0.1) is 6.61 Å². The zero-order valence-electron chi connectivity index (χ0n) is 17.1. The highest BCUT2D eigenvalue weighted by atomic mass is 35.5. The second kappa shape index (κ2) is 11.0. The van der Waals surface area contributed by atoms with E-state index >= 15 is 0 Å². The number of hydrogen-bond donors (Lipinski definition) is 2. The number of hydrogen-bond acceptors (Lipinski definition) is 4. The van der Waals surface area contributed by atoms with E-state index in [0.29, 0.717) is 34.4 Å². The third kappa shape index (κ3) is 7.04. The molecule has 3 aromatic carbocycles. The number of rotatable bonds is 9. The van der Waals surface area contributed by atoms with E-state index in [2.05, 4.69) is 10.6 Å². The van der Waals surface area contributed by atoms with Crippen LogP contribution in [0.25, 0.3) is 0 Å². The van der Waals surface area contributed by atoms with Gasteiger partial charge in [0.25, 0.3) is 5.91 Å². The van der Waals surface area contributed by atoms with Crippen molar-refractivity contribution in [3.63, 3.8) is 0 Å². The zero-order valence-corrected chi connectivity index (χ0v) is 17.8. The number of nitrogens with one attached hydrogen (secondary N) is 2. The van der Waals surface area contributed by atoms with Crippen LogP contribution in [0.2, 0.25) is 5.02 Å². The summed E-state index contributed by atoms with van der Waals surface area (Å²) in [4.78, 5) is 24.1. The number of benzene rings is 3. The van der Waals surface area contributed by atoms with E-state index in [9.17, 15) is 9.59 Å². The Bertz CT molecular complexity index is 1000. The van der Waals surface area contributed by atoms with E-state index in [1.54, 1.807) is 48.5 Å². The monoisotopic (exact) mass is 438 g/mol. The Labute approximate surface area is 186 Å². The molecule has 0 atom stereocenters. The minimum absolute atomic E-state index is 0.157. The number of ether oxygens (including phenoxy) is 2. The molecule has 6 nitrogen and oxygen atoms in total. The molecule has 0 bridgehead atoms. The first kappa shape index (κ1) is 22.2. The van der Waals surface area contributed by atoms with Crippen LogP contribution in [0.15, 0.2) is 72.8 Å². The first-order chi connectivity index (χ1) is 15.0. The Hall–Kier alpha value is -3.51. The fourth-order valence-corrected chi connectivity index (χ4v) is 2.86. The van der Waals surface area contributed by atoms with Gasteiger partial charge in [0, 0.05) is 29.2 Å². The molecule has 3 aromatic rings. The molecule has 0 spiro atoms. The summed E-state index contributed by atoms with van der Waals surface area (Å²) in [5.41, 5.74) is 1.14. The predicted molar refractivity (Wildman–Crippen MR) is 121 cm³/mol. The SMILES string of the molecule is CCOc1ccc(Oc2ccc(NC(=O)CCNC(=O)c3ccc(Cl)cc3)cc2)cc1. The fourth-order valence-electron chi connectivity index (χ4n) is 2.73. The number of carbonyl (C=O) groups is 2. The van der Waals surface area contributed by atoms with Crippen molar-refractivity contribution < 1.29 is 19.1 Å². The summed E-state index contributed by atoms with van der Waals surface area (Å²) in [6, 6.07) is 21.0. The molecule has 0 heterocycles. The molecule has 0 unspecified atom stereocenters. The van der Waals surface area contributed by atoms with Crippen molar-refractivity contribution in [3.05, 3.63) is 83.4 Å². The van der Waals surface area contributed by atoms with Crippen molar-refractivity contribution in [2.24, 2.45) is 0 Å². The van der Waals surface area contributed by atoms with Crippen molar-refractivity contribution in [1.82, 2.24) is 5.32 Å². The molecule has 0 aliphatic carbocycles. The Kier molecular flexibility index (Phi) is 7.90. The lowest BCUT2D eigenvalue weighted by Crippen LogP contribution is -2.27. The maximum absolute atomic E-state index is 12.1. The summed E-state index contributed by atoms with van der Waals surface area (Å²) in [6.07, 6.45) is 0.157. The van der Waals surface area contributed by atoms with E-state index < -0.39 is 0 Å². The molecule has 0 aliphatic heterocycles. The van der Waals surface area contributed by atoms with Gasteiger partial charge in [-0.05, 0) is 79.7 Å². The minimum atomic E-state index is -0.250. The molecule has 0 saturated carbocycles. The van der Waals surface area contributed by atoms with Crippen molar-refractivity contribution in [2.75, 3.05) is 18.5 Å². The van der Waals surface area contributed by atoms with Crippen LogP contribution in [0.3, 0.4) is 0 Å². The second-order valence-corrected chi connectivity index (χ2v) is 7.03. The lowest BCUT2D eigenvalue weighted by Gasteiger charge is -2.09. The van der Waals surface area contributed by atoms with Crippen molar-refractivity contribution >= 4 is 29.1 Å². The number of halogens is 1. The van der Waals surface area contributed by atoms with Gasteiger partial charge in [-0.1, -0.05) is 11.6 Å². The summed E-state index contributed by atoms with van der Waals surface area (Å²) in [5, 5.41) is 6.07. The van der Waals surface area contributed by atoms with Crippen LogP contribution < -0.4 is 20.1 Å². The number of carbonyl (C=O) groups excluding carboxylic acids is 2. The standard InChI is InChI=1S/C24H23ClN2O4/c1-2-30-20-11-13-22(14-12-20)31-21-9-7-19(8-10-21)27-23(28)15-16-26-24(29)17-3-5-18(25)6-4-17/h3-14H,2,15-16H2,1H3,(H,26,29)(H,27,28). The average Bonchev–Trinajstić information content (AvgIpc) is 2.77. The summed E-state index contributed by atoms with van der Waals surface area (Å²) in [7, 11) is 0. The summed E-state index contributed by atoms with van der Waals surface area (Å²) < 4.78 is 11.2. The summed E-state index contributed by atoms with van der Waals surface area (Å²) >= 11 is 5.81. The van der Waals surface area contributed by atoms with Crippen molar-refractivity contribution in [1.29, 1.82) is 0 Å². The van der Waals surface area contributed by atoms with Crippen LogP contribution in [-0.2, 0) is 4.79 Å². The molecular weight excluding hydrogens is 416 g/mol. The molecule has 2 amide bonds. The van der Waals surface area contributed by atoms with Gasteiger partial charge in [-0.25, -0.2) is 0 Å². The Morgan fingerprint density at radius 3 is 2.03 bits per heavy atom. The van der Waals surface area contributed by atoms with Gasteiger partial charge in [0.2, 0.25) is 5.91 Å².